The molecule has 0 radical (unpaired) electrons. The highest BCUT2D eigenvalue weighted by molar-refractivity contribution is 6.40. The maximum absolute atomic E-state index is 13.6. The van der Waals surface area contributed by atoms with Crippen LogP contribution < -0.4 is 16.0 Å². The summed E-state index contributed by atoms with van der Waals surface area (Å²) in [4.78, 5) is 51.2. The van der Waals surface area contributed by atoms with E-state index in [4.69, 9.17) is 16.0 Å². The molecule has 47 heavy (non-hydrogen) atoms. The second kappa shape index (κ2) is 14.1. The lowest BCUT2D eigenvalue weighted by Gasteiger charge is -2.27. The van der Waals surface area contributed by atoms with E-state index in [1.807, 2.05) is 44.2 Å². The van der Waals surface area contributed by atoms with Gasteiger partial charge in [0, 0.05) is 29.0 Å². The van der Waals surface area contributed by atoms with Gasteiger partial charge in [0.2, 0.25) is 5.91 Å². The number of halogens is 1. The Labute approximate surface area is 273 Å². The number of nitrogens with zero attached hydrogens (tertiary/aromatic N) is 4. The van der Waals surface area contributed by atoms with Gasteiger partial charge in [-0.25, -0.2) is 4.79 Å². The summed E-state index contributed by atoms with van der Waals surface area (Å²) < 4.78 is 6.74. The van der Waals surface area contributed by atoms with Crippen LogP contribution in [0.5, 0.6) is 0 Å². The second-order valence-corrected chi connectivity index (χ2v) is 11.7. The average Bonchev–Trinajstić information content (AvgIpc) is 3.79. The summed E-state index contributed by atoms with van der Waals surface area (Å²) in [6.07, 6.45) is 2.96. The standard InChI is InChI=1S/C33H30ClN7O6/c1-33(2,23-11-9-22(10-12-23)32(45)46)18-35-29(42)26(16-20-5-7-21(8-6-20)28-4-3-15-47-28)38-31(44)30(43)37-25-17-24(34)13-14-27(25)41-19-36-39-40-41/h3-15,17,19,26H,16,18H2,1-2H3,(H,35,42)(H,37,43)(H,38,44)(H,45,46)/t26-/m0/s1. The molecule has 1 atom stereocenters. The summed E-state index contributed by atoms with van der Waals surface area (Å²) in [6, 6.07) is 20.7. The Morgan fingerprint density at radius 1 is 0.979 bits per heavy atom. The summed E-state index contributed by atoms with van der Waals surface area (Å²) in [7, 11) is 0. The lowest BCUT2D eigenvalue weighted by Crippen LogP contribution is -2.52. The minimum Gasteiger partial charge on any atom is -0.478 e. The molecule has 2 aromatic heterocycles. The maximum atomic E-state index is 13.6. The number of carboxylic acids is 1. The normalized spacial score (nSPS) is 11.8. The zero-order valence-electron chi connectivity index (χ0n) is 25.3. The lowest BCUT2D eigenvalue weighted by molar-refractivity contribution is -0.138. The zero-order valence-corrected chi connectivity index (χ0v) is 26.1. The number of rotatable bonds is 11. The van der Waals surface area contributed by atoms with Crippen molar-refractivity contribution in [1.82, 2.24) is 30.8 Å². The Kier molecular flexibility index (Phi) is 9.76. The highest BCUT2D eigenvalue weighted by Crippen LogP contribution is 2.25. The third kappa shape index (κ3) is 8.07. The van der Waals surface area contributed by atoms with Crippen molar-refractivity contribution in [2.75, 3.05) is 11.9 Å². The van der Waals surface area contributed by atoms with Crippen molar-refractivity contribution in [3.8, 4) is 17.0 Å². The third-order valence-corrected chi connectivity index (χ3v) is 7.68. The Morgan fingerprint density at radius 3 is 2.36 bits per heavy atom. The minimum absolute atomic E-state index is 0.0735. The summed E-state index contributed by atoms with van der Waals surface area (Å²) in [6.45, 7) is 3.95. The van der Waals surface area contributed by atoms with Gasteiger partial charge in [0.05, 0.1) is 23.2 Å². The molecule has 0 unspecified atom stereocenters. The fraction of sp³-hybridized carbons (Fsp3) is 0.182. The van der Waals surface area contributed by atoms with E-state index in [9.17, 15) is 24.3 Å². The number of tetrazole rings is 1. The molecule has 0 bridgehead atoms. The van der Waals surface area contributed by atoms with Gasteiger partial charge < -0.3 is 25.5 Å². The minimum atomic E-state index is -1.13. The van der Waals surface area contributed by atoms with Gasteiger partial charge in [-0.05, 0) is 64.0 Å². The highest BCUT2D eigenvalue weighted by Gasteiger charge is 2.28. The molecule has 5 rings (SSSR count). The van der Waals surface area contributed by atoms with Gasteiger partial charge in [-0.2, -0.15) is 4.68 Å². The van der Waals surface area contributed by atoms with Gasteiger partial charge in [0.15, 0.2) is 0 Å². The highest BCUT2D eigenvalue weighted by atomic mass is 35.5. The van der Waals surface area contributed by atoms with E-state index in [0.717, 1.165) is 16.7 Å². The molecule has 0 saturated carbocycles. The molecule has 5 aromatic rings. The first kappa shape index (κ1) is 32.6. The molecule has 0 spiro atoms. The SMILES string of the molecule is CC(C)(CNC(=O)[C@H](Cc1ccc(-c2ccco2)cc1)NC(=O)C(=O)Nc1cc(Cl)ccc1-n1cnnn1)c1ccc(C(=O)O)cc1. The van der Waals surface area contributed by atoms with Crippen molar-refractivity contribution in [3.05, 3.63) is 113 Å². The van der Waals surface area contributed by atoms with Gasteiger partial charge >= 0.3 is 17.8 Å². The number of carboxylic acid groups (broad SMARTS) is 1. The summed E-state index contributed by atoms with van der Waals surface area (Å²) >= 11 is 6.14. The number of hydrogen-bond acceptors (Lipinski definition) is 8. The molecule has 0 fully saturated rings. The van der Waals surface area contributed by atoms with Crippen molar-refractivity contribution in [3.63, 3.8) is 0 Å². The molecular weight excluding hydrogens is 626 g/mol. The van der Waals surface area contributed by atoms with Gasteiger partial charge in [-0.3, -0.25) is 14.4 Å². The molecular formula is C33H30ClN7O6. The number of aromatic nitrogens is 4. The van der Waals surface area contributed by atoms with Crippen LogP contribution in [0.3, 0.4) is 0 Å². The average molecular weight is 656 g/mol. The summed E-state index contributed by atoms with van der Waals surface area (Å²) in [5.41, 5.74) is 2.45. The van der Waals surface area contributed by atoms with E-state index >= 15 is 0 Å². The van der Waals surface area contributed by atoms with Crippen LogP contribution in [-0.4, -0.2) is 61.6 Å². The fourth-order valence-corrected chi connectivity index (χ4v) is 4.95. The predicted molar refractivity (Wildman–Crippen MR) is 172 cm³/mol. The first-order valence-corrected chi connectivity index (χ1v) is 14.8. The Hall–Kier alpha value is -5.82. The van der Waals surface area contributed by atoms with Crippen LogP contribution in [0, 0.1) is 0 Å². The Balaban J connectivity index is 1.32. The van der Waals surface area contributed by atoms with Crippen LogP contribution in [0.25, 0.3) is 17.0 Å². The number of amides is 3. The molecule has 0 aliphatic carbocycles. The third-order valence-electron chi connectivity index (χ3n) is 7.45. The van der Waals surface area contributed by atoms with Crippen LogP contribution in [0.15, 0.2) is 95.9 Å². The van der Waals surface area contributed by atoms with E-state index in [0.29, 0.717) is 16.5 Å². The van der Waals surface area contributed by atoms with Crippen LogP contribution in [0.1, 0.15) is 35.3 Å². The molecule has 0 saturated heterocycles. The topological polar surface area (TPSA) is 181 Å². The zero-order chi connectivity index (χ0) is 33.6. The van der Waals surface area contributed by atoms with E-state index in [1.54, 1.807) is 36.6 Å². The summed E-state index contributed by atoms with van der Waals surface area (Å²) in [5.74, 6) is -2.97. The van der Waals surface area contributed by atoms with Gasteiger partial charge in [-0.15, -0.1) is 5.10 Å². The van der Waals surface area contributed by atoms with Gasteiger partial charge in [0.25, 0.3) is 0 Å². The van der Waals surface area contributed by atoms with E-state index in [1.165, 1.54) is 29.2 Å². The lowest BCUT2D eigenvalue weighted by atomic mass is 9.84. The molecule has 13 nitrogen and oxygen atoms in total. The molecule has 240 valence electrons. The summed E-state index contributed by atoms with van der Waals surface area (Å²) in [5, 5.41) is 28.5. The maximum Gasteiger partial charge on any atom is 0.335 e. The van der Waals surface area contributed by atoms with Crippen LogP contribution in [0.2, 0.25) is 5.02 Å². The van der Waals surface area contributed by atoms with Crippen molar-refractivity contribution in [2.45, 2.75) is 31.7 Å². The van der Waals surface area contributed by atoms with E-state index < -0.39 is 35.1 Å². The van der Waals surface area contributed by atoms with Crippen molar-refractivity contribution in [1.29, 1.82) is 0 Å². The largest absolute Gasteiger partial charge is 0.478 e. The number of anilines is 1. The number of hydrogen-bond donors (Lipinski definition) is 4. The van der Waals surface area contributed by atoms with Crippen LogP contribution >= 0.6 is 11.6 Å². The molecule has 4 N–H and O–H groups in total. The number of furan rings is 1. The fourth-order valence-electron chi connectivity index (χ4n) is 4.77. The predicted octanol–water partition coefficient (Wildman–Crippen LogP) is 4.03. The van der Waals surface area contributed by atoms with Gasteiger partial charge in [0.1, 0.15) is 18.1 Å². The molecule has 3 amide bonds. The first-order valence-electron chi connectivity index (χ1n) is 14.4. The quantitative estimate of drug-likeness (QED) is 0.153. The van der Waals surface area contributed by atoms with E-state index in [-0.39, 0.29) is 24.2 Å². The molecule has 3 aromatic carbocycles. The monoisotopic (exact) mass is 655 g/mol. The molecule has 0 aliphatic rings. The Bertz CT molecular complexity index is 1870. The number of carbonyl (C=O) groups is 4. The van der Waals surface area contributed by atoms with Gasteiger partial charge in [-0.1, -0.05) is 61.8 Å². The second-order valence-electron chi connectivity index (χ2n) is 11.3. The molecule has 14 heteroatoms. The van der Waals surface area contributed by atoms with Crippen molar-refractivity contribution in [2.24, 2.45) is 0 Å². The van der Waals surface area contributed by atoms with Crippen LogP contribution in [0.4, 0.5) is 5.69 Å². The first-order chi connectivity index (χ1) is 22.5. The van der Waals surface area contributed by atoms with Crippen LogP contribution in [-0.2, 0) is 26.2 Å². The number of nitrogens with one attached hydrogen (secondary N) is 3. The van der Waals surface area contributed by atoms with Crippen molar-refractivity contribution < 1.29 is 28.7 Å². The number of aromatic carboxylic acids is 1. The number of benzene rings is 3. The number of carbonyl (C=O) groups excluding carboxylic acids is 3. The Morgan fingerprint density at radius 2 is 1.72 bits per heavy atom. The smallest absolute Gasteiger partial charge is 0.335 e. The van der Waals surface area contributed by atoms with E-state index in [2.05, 4.69) is 31.5 Å². The molecule has 0 aliphatic heterocycles. The van der Waals surface area contributed by atoms with Crippen molar-refractivity contribution >= 4 is 41.0 Å². The molecule has 2 heterocycles.